The summed E-state index contributed by atoms with van der Waals surface area (Å²) >= 11 is 1.63. The summed E-state index contributed by atoms with van der Waals surface area (Å²) in [4.78, 5) is 6.38. The zero-order valence-corrected chi connectivity index (χ0v) is 8.71. The van der Waals surface area contributed by atoms with Gasteiger partial charge < -0.3 is 10.0 Å². The van der Waals surface area contributed by atoms with Gasteiger partial charge in [0.05, 0.1) is 6.10 Å². The molecule has 0 saturated carbocycles. The Morgan fingerprint density at radius 2 is 2.46 bits per heavy atom. The van der Waals surface area contributed by atoms with Gasteiger partial charge in [-0.05, 0) is 0 Å². The first kappa shape index (κ1) is 8.97. The molecule has 2 heterocycles. The molecule has 1 unspecified atom stereocenters. The molecule has 72 valence electrons. The summed E-state index contributed by atoms with van der Waals surface area (Å²) in [5.41, 5.74) is -0.00826. The number of aromatic nitrogens is 1. The third-order valence-electron chi connectivity index (χ3n) is 2.58. The lowest BCUT2D eigenvalue weighted by Crippen LogP contribution is -2.26. The van der Waals surface area contributed by atoms with E-state index in [4.69, 9.17) is 0 Å². The van der Waals surface area contributed by atoms with Crippen LogP contribution in [0.15, 0.2) is 11.6 Å². The van der Waals surface area contributed by atoms with Crippen LogP contribution in [-0.4, -0.2) is 29.3 Å². The standard InChI is InChI=1S/C9H14N2OS/c1-9(2)6-11(5-7(9)12)8-10-3-4-13-8/h3-4,7,12H,5-6H2,1-2H3. The first-order valence-corrected chi connectivity index (χ1v) is 5.30. The second-order valence-corrected chi connectivity index (χ2v) is 5.07. The highest BCUT2D eigenvalue weighted by Gasteiger charge is 2.38. The molecule has 0 bridgehead atoms. The van der Waals surface area contributed by atoms with E-state index in [0.717, 1.165) is 11.7 Å². The molecule has 1 aromatic rings. The number of β-amino-alcohol motifs (C(OH)–C–C–N with tert-alkyl or cyclic N) is 1. The highest BCUT2D eigenvalue weighted by molar-refractivity contribution is 7.13. The monoisotopic (exact) mass is 198 g/mol. The van der Waals surface area contributed by atoms with Crippen molar-refractivity contribution in [2.75, 3.05) is 18.0 Å². The maximum Gasteiger partial charge on any atom is 0.185 e. The third-order valence-corrected chi connectivity index (χ3v) is 3.42. The lowest BCUT2D eigenvalue weighted by Gasteiger charge is -2.20. The van der Waals surface area contributed by atoms with Gasteiger partial charge in [0.1, 0.15) is 0 Å². The van der Waals surface area contributed by atoms with Crippen LogP contribution in [-0.2, 0) is 0 Å². The Morgan fingerprint density at radius 1 is 1.69 bits per heavy atom. The molecular weight excluding hydrogens is 184 g/mol. The van der Waals surface area contributed by atoms with Gasteiger partial charge >= 0.3 is 0 Å². The fraction of sp³-hybridized carbons (Fsp3) is 0.667. The maximum absolute atomic E-state index is 9.76. The molecule has 1 aliphatic heterocycles. The van der Waals surface area contributed by atoms with E-state index < -0.39 is 0 Å². The molecule has 1 saturated heterocycles. The summed E-state index contributed by atoms with van der Waals surface area (Å²) in [5.74, 6) is 0. The number of aliphatic hydroxyl groups excluding tert-OH is 1. The van der Waals surface area contributed by atoms with E-state index in [9.17, 15) is 5.11 Å². The van der Waals surface area contributed by atoms with Crippen LogP contribution >= 0.6 is 11.3 Å². The number of hydrogen-bond acceptors (Lipinski definition) is 4. The van der Waals surface area contributed by atoms with Crippen LogP contribution in [0.3, 0.4) is 0 Å². The number of rotatable bonds is 1. The van der Waals surface area contributed by atoms with Crippen LogP contribution in [0.4, 0.5) is 5.13 Å². The molecule has 13 heavy (non-hydrogen) atoms. The molecule has 3 nitrogen and oxygen atoms in total. The average molecular weight is 198 g/mol. The second kappa shape index (κ2) is 2.96. The molecule has 0 spiro atoms. The van der Waals surface area contributed by atoms with Crippen molar-refractivity contribution >= 4 is 16.5 Å². The lowest BCUT2D eigenvalue weighted by atomic mass is 9.90. The summed E-state index contributed by atoms with van der Waals surface area (Å²) in [6, 6.07) is 0. The summed E-state index contributed by atoms with van der Waals surface area (Å²) in [6.07, 6.45) is 1.56. The minimum atomic E-state index is -0.239. The Morgan fingerprint density at radius 3 is 2.92 bits per heavy atom. The topological polar surface area (TPSA) is 36.4 Å². The highest BCUT2D eigenvalue weighted by Crippen LogP contribution is 2.33. The summed E-state index contributed by atoms with van der Waals surface area (Å²) < 4.78 is 0. The number of hydrogen-bond donors (Lipinski definition) is 1. The number of thiazole rings is 1. The van der Waals surface area contributed by atoms with Crippen LogP contribution in [0.5, 0.6) is 0 Å². The SMILES string of the molecule is CC1(C)CN(c2nccs2)CC1O. The largest absolute Gasteiger partial charge is 0.391 e. The molecule has 0 radical (unpaired) electrons. The molecule has 0 amide bonds. The molecular formula is C9H14N2OS. The van der Waals surface area contributed by atoms with Gasteiger partial charge in [-0.25, -0.2) is 4.98 Å². The van der Waals surface area contributed by atoms with Gasteiger partial charge in [-0.15, -0.1) is 11.3 Å². The Labute approximate surface area is 82.0 Å². The van der Waals surface area contributed by atoms with E-state index in [1.54, 1.807) is 17.5 Å². The van der Waals surface area contributed by atoms with Gasteiger partial charge in [0, 0.05) is 30.1 Å². The van der Waals surface area contributed by atoms with Crippen molar-refractivity contribution in [3.8, 4) is 0 Å². The van der Waals surface area contributed by atoms with E-state index in [1.807, 2.05) is 5.38 Å². The van der Waals surface area contributed by atoms with Crippen molar-refractivity contribution in [2.24, 2.45) is 5.41 Å². The van der Waals surface area contributed by atoms with E-state index in [-0.39, 0.29) is 11.5 Å². The molecule has 1 aliphatic rings. The first-order valence-electron chi connectivity index (χ1n) is 4.42. The normalized spacial score (nSPS) is 26.7. The number of anilines is 1. The van der Waals surface area contributed by atoms with Gasteiger partial charge in [-0.2, -0.15) is 0 Å². The zero-order chi connectivity index (χ0) is 9.47. The first-order chi connectivity index (χ1) is 6.09. The highest BCUT2D eigenvalue weighted by atomic mass is 32.1. The molecule has 2 rings (SSSR count). The van der Waals surface area contributed by atoms with E-state index >= 15 is 0 Å². The van der Waals surface area contributed by atoms with Crippen molar-refractivity contribution < 1.29 is 5.11 Å². The van der Waals surface area contributed by atoms with Crippen molar-refractivity contribution in [3.63, 3.8) is 0 Å². The van der Waals surface area contributed by atoms with Crippen molar-refractivity contribution in [1.29, 1.82) is 0 Å². The Kier molecular flexibility index (Phi) is 2.04. The smallest absolute Gasteiger partial charge is 0.185 e. The van der Waals surface area contributed by atoms with Crippen LogP contribution in [0.25, 0.3) is 0 Å². The Hall–Kier alpha value is -0.610. The fourth-order valence-electron chi connectivity index (χ4n) is 1.64. The predicted octanol–water partition coefficient (Wildman–Crippen LogP) is 1.35. The predicted molar refractivity (Wildman–Crippen MR) is 54.1 cm³/mol. The molecule has 0 aliphatic carbocycles. The van der Waals surface area contributed by atoms with Crippen LogP contribution in [0.2, 0.25) is 0 Å². The minimum Gasteiger partial charge on any atom is -0.391 e. The van der Waals surface area contributed by atoms with Gasteiger partial charge in [0.15, 0.2) is 5.13 Å². The van der Waals surface area contributed by atoms with Gasteiger partial charge in [0.2, 0.25) is 0 Å². The summed E-state index contributed by atoms with van der Waals surface area (Å²) in [7, 11) is 0. The maximum atomic E-state index is 9.76. The Bertz CT molecular complexity index is 284. The second-order valence-electron chi connectivity index (χ2n) is 4.20. The number of aliphatic hydroxyl groups is 1. The molecule has 4 heteroatoms. The molecule has 1 N–H and O–H groups in total. The van der Waals surface area contributed by atoms with Gasteiger partial charge in [-0.1, -0.05) is 13.8 Å². The fourth-order valence-corrected chi connectivity index (χ4v) is 2.29. The van der Waals surface area contributed by atoms with Gasteiger partial charge in [-0.3, -0.25) is 0 Å². The van der Waals surface area contributed by atoms with E-state index in [1.165, 1.54) is 0 Å². The van der Waals surface area contributed by atoms with Crippen molar-refractivity contribution in [2.45, 2.75) is 20.0 Å². The minimum absolute atomic E-state index is 0.00826. The summed E-state index contributed by atoms with van der Waals surface area (Å²) in [6.45, 7) is 5.78. The van der Waals surface area contributed by atoms with Crippen molar-refractivity contribution in [1.82, 2.24) is 4.98 Å². The zero-order valence-electron chi connectivity index (χ0n) is 7.90. The Balaban J connectivity index is 2.15. The van der Waals surface area contributed by atoms with Gasteiger partial charge in [0.25, 0.3) is 0 Å². The third kappa shape index (κ3) is 1.56. The number of nitrogens with zero attached hydrogens (tertiary/aromatic N) is 2. The van der Waals surface area contributed by atoms with Crippen LogP contribution < -0.4 is 4.90 Å². The van der Waals surface area contributed by atoms with Crippen LogP contribution in [0.1, 0.15) is 13.8 Å². The van der Waals surface area contributed by atoms with Crippen LogP contribution in [0, 0.1) is 5.41 Å². The average Bonchev–Trinajstić information content (AvgIpc) is 2.60. The lowest BCUT2D eigenvalue weighted by molar-refractivity contribution is 0.0964. The molecule has 1 aromatic heterocycles. The molecule has 1 fully saturated rings. The summed E-state index contributed by atoms with van der Waals surface area (Å²) in [5, 5.41) is 12.7. The molecule has 1 atom stereocenters. The van der Waals surface area contributed by atoms with Crippen molar-refractivity contribution in [3.05, 3.63) is 11.6 Å². The van der Waals surface area contributed by atoms with E-state index in [2.05, 4.69) is 23.7 Å². The quantitative estimate of drug-likeness (QED) is 0.740. The van der Waals surface area contributed by atoms with E-state index in [0.29, 0.717) is 6.54 Å². The molecule has 0 aromatic carbocycles.